The first-order chi connectivity index (χ1) is 9.72. The zero-order valence-electron chi connectivity index (χ0n) is 11.0. The van der Waals surface area contributed by atoms with Gasteiger partial charge in [0.25, 0.3) is 0 Å². The van der Waals surface area contributed by atoms with Crippen molar-refractivity contribution in [1.82, 2.24) is 10.2 Å². The van der Waals surface area contributed by atoms with Crippen molar-refractivity contribution >= 4 is 17.3 Å². The second-order valence-corrected chi connectivity index (χ2v) is 5.19. The topological polar surface area (TPSA) is 66.0 Å². The summed E-state index contributed by atoms with van der Waals surface area (Å²) < 4.78 is 5.33. The van der Waals surface area contributed by atoms with E-state index in [2.05, 4.69) is 21.2 Å². The van der Waals surface area contributed by atoms with Crippen LogP contribution in [-0.2, 0) is 0 Å². The van der Waals surface area contributed by atoms with Gasteiger partial charge in [0.2, 0.25) is 12.3 Å². The van der Waals surface area contributed by atoms with E-state index in [0.29, 0.717) is 16.5 Å². The number of benzene rings is 1. The molecule has 20 heavy (non-hydrogen) atoms. The highest BCUT2D eigenvalue weighted by molar-refractivity contribution is 6.32. The molecule has 0 aliphatic carbocycles. The predicted octanol–water partition coefficient (Wildman–Crippen LogP) is 3.24. The largest absolute Gasteiger partial charge is 0.426 e. The van der Waals surface area contributed by atoms with E-state index in [1.54, 1.807) is 6.07 Å². The summed E-state index contributed by atoms with van der Waals surface area (Å²) >= 11 is 6.25. The fourth-order valence-corrected chi connectivity index (χ4v) is 2.91. The Morgan fingerprint density at radius 1 is 1.50 bits per heavy atom. The summed E-state index contributed by atoms with van der Waals surface area (Å²) in [6.45, 7) is 2.85. The Labute approximate surface area is 121 Å². The molecule has 1 atom stereocenters. The standard InChI is InChI=1S/C14H13ClN4O/c1-9-11(5-4-10(7-16)13(9)15)19-6-2-3-12(19)14-18-17-8-20-14/h4-5,8,12H,2-3,6H2,1H3. The molecule has 2 heterocycles. The number of rotatable bonds is 2. The molecule has 1 aliphatic heterocycles. The van der Waals surface area contributed by atoms with E-state index in [4.69, 9.17) is 21.3 Å². The van der Waals surface area contributed by atoms with Gasteiger partial charge in [-0.2, -0.15) is 5.26 Å². The Balaban J connectivity index is 2.01. The molecule has 3 rings (SSSR count). The van der Waals surface area contributed by atoms with Gasteiger partial charge in [-0.25, -0.2) is 0 Å². The molecule has 1 aliphatic rings. The van der Waals surface area contributed by atoms with Gasteiger partial charge in [0.05, 0.1) is 10.6 Å². The van der Waals surface area contributed by atoms with Gasteiger partial charge in [-0.15, -0.1) is 10.2 Å². The first-order valence-electron chi connectivity index (χ1n) is 6.44. The summed E-state index contributed by atoms with van der Waals surface area (Å²) in [5.74, 6) is 0.627. The second-order valence-electron chi connectivity index (χ2n) is 4.81. The van der Waals surface area contributed by atoms with Crippen LogP contribution in [-0.4, -0.2) is 16.7 Å². The molecular formula is C14H13ClN4O. The quantitative estimate of drug-likeness (QED) is 0.848. The highest BCUT2D eigenvalue weighted by Gasteiger charge is 2.31. The Kier molecular flexibility index (Phi) is 3.33. The van der Waals surface area contributed by atoms with Crippen molar-refractivity contribution < 1.29 is 4.42 Å². The maximum Gasteiger partial charge on any atom is 0.238 e. The molecule has 5 nitrogen and oxygen atoms in total. The summed E-state index contributed by atoms with van der Waals surface area (Å²) in [7, 11) is 0. The Bertz CT molecular complexity index is 663. The van der Waals surface area contributed by atoms with E-state index in [0.717, 1.165) is 30.6 Å². The van der Waals surface area contributed by atoms with Crippen molar-refractivity contribution in [2.75, 3.05) is 11.4 Å². The van der Waals surface area contributed by atoms with Crippen molar-refractivity contribution in [3.63, 3.8) is 0 Å². The van der Waals surface area contributed by atoms with Crippen LogP contribution in [0.25, 0.3) is 0 Å². The van der Waals surface area contributed by atoms with Crippen molar-refractivity contribution in [3.8, 4) is 6.07 Å². The average molecular weight is 289 g/mol. The zero-order valence-corrected chi connectivity index (χ0v) is 11.8. The number of nitrogens with zero attached hydrogens (tertiary/aromatic N) is 4. The zero-order chi connectivity index (χ0) is 14.1. The van der Waals surface area contributed by atoms with Crippen LogP contribution in [0.2, 0.25) is 5.02 Å². The van der Waals surface area contributed by atoms with Crippen molar-refractivity contribution in [2.45, 2.75) is 25.8 Å². The number of hydrogen-bond donors (Lipinski definition) is 0. The van der Waals surface area contributed by atoms with Gasteiger partial charge >= 0.3 is 0 Å². The molecule has 0 amide bonds. The summed E-state index contributed by atoms with van der Waals surface area (Å²) in [5.41, 5.74) is 2.44. The molecule has 1 aromatic carbocycles. The molecule has 6 heteroatoms. The van der Waals surface area contributed by atoms with Crippen LogP contribution in [0.4, 0.5) is 5.69 Å². The lowest BCUT2D eigenvalue weighted by molar-refractivity contribution is 0.448. The molecule has 0 radical (unpaired) electrons. The van der Waals surface area contributed by atoms with Crippen LogP contribution in [0.1, 0.15) is 35.9 Å². The van der Waals surface area contributed by atoms with Crippen LogP contribution in [0.5, 0.6) is 0 Å². The van der Waals surface area contributed by atoms with Gasteiger partial charge in [-0.1, -0.05) is 11.6 Å². The minimum absolute atomic E-state index is 0.0835. The normalized spacial score (nSPS) is 18.2. The van der Waals surface area contributed by atoms with E-state index >= 15 is 0 Å². The molecule has 0 spiro atoms. The SMILES string of the molecule is Cc1c(N2CCCC2c2nnco2)ccc(C#N)c1Cl. The van der Waals surface area contributed by atoms with Crippen molar-refractivity contribution in [1.29, 1.82) is 5.26 Å². The molecule has 1 saturated heterocycles. The number of anilines is 1. The van der Waals surface area contributed by atoms with E-state index in [1.807, 2.05) is 13.0 Å². The highest BCUT2D eigenvalue weighted by Crippen LogP contribution is 2.39. The first kappa shape index (κ1) is 12.9. The summed E-state index contributed by atoms with van der Waals surface area (Å²) in [4.78, 5) is 2.22. The van der Waals surface area contributed by atoms with Crippen molar-refractivity contribution in [3.05, 3.63) is 40.6 Å². The summed E-state index contributed by atoms with van der Waals surface area (Å²) in [5, 5.41) is 17.3. The Hall–Kier alpha value is -2.06. The third-order valence-electron chi connectivity index (χ3n) is 3.70. The molecule has 1 unspecified atom stereocenters. The van der Waals surface area contributed by atoms with Gasteiger partial charge in [0, 0.05) is 12.2 Å². The summed E-state index contributed by atoms with van der Waals surface area (Å²) in [6.07, 6.45) is 3.38. The third kappa shape index (κ3) is 2.02. The number of halogens is 1. The van der Waals surface area contributed by atoms with Gasteiger partial charge in [-0.3, -0.25) is 0 Å². The highest BCUT2D eigenvalue weighted by atomic mass is 35.5. The number of aromatic nitrogens is 2. The maximum absolute atomic E-state index is 9.02. The summed E-state index contributed by atoms with van der Waals surface area (Å²) in [6, 6.07) is 5.88. The smallest absolute Gasteiger partial charge is 0.238 e. The first-order valence-corrected chi connectivity index (χ1v) is 6.82. The second kappa shape index (κ2) is 5.14. The fourth-order valence-electron chi connectivity index (χ4n) is 2.71. The molecule has 1 aromatic heterocycles. The van der Waals surface area contributed by atoms with E-state index < -0.39 is 0 Å². The molecule has 2 aromatic rings. The van der Waals surface area contributed by atoms with Gasteiger partial charge in [-0.05, 0) is 37.5 Å². The lowest BCUT2D eigenvalue weighted by Gasteiger charge is -2.26. The van der Waals surface area contributed by atoms with E-state index in [-0.39, 0.29) is 6.04 Å². The van der Waals surface area contributed by atoms with Crippen LogP contribution in [0.15, 0.2) is 22.9 Å². The molecular weight excluding hydrogens is 276 g/mol. The minimum atomic E-state index is 0.0835. The van der Waals surface area contributed by atoms with Crippen LogP contribution >= 0.6 is 11.6 Å². The van der Waals surface area contributed by atoms with E-state index in [9.17, 15) is 0 Å². The number of hydrogen-bond acceptors (Lipinski definition) is 5. The van der Waals surface area contributed by atoms with Gasteiger partial charge < -0.3 is 9.32 Å². The van der Waals surface area contributed by atoms with Gasteiger partial charge in [0.1, 0.15) is 12.1 Å². The number of nitriles is 1. The van der Waals surface area contributed by atoms with Crippen LogP contribution in [0.3, 0.4) is 0 Å². The van der Waals surface area contributed by atoms with Crippen LogP contribution in [0, 0.1) is 18.3 Å². The average Bonchev–Trinajstić information content (AvgIpc) is 3.11. The molecule has 1 fully saturated rings. The fraction of sp³-hybridized carbons (Fsp3) is 0.357. The van der Waals surface area contributed by atoms with E-state index in [1.165, 1.54) is 6.39 Å². The Morgan fingerprint density at radius 3 is 3.05 bits per heavy atom. The predicted molar refractivity (Wildman–Crippen MR) is 74.5 cm³/mol. The van der Waals surface area contributed by atoms with Crippen LogP contribution < -0.4 is 4.90 Å². The maximum atomic E-state index is 9.02. The Morgan fingerprint density at radius 2 is 2.35 bits per heavy atom. The molecule has 0 bridgehead atoms. The monoisotopic (exact) mass is 288 g/mol. The van der Waals surface area contributed by atoms with Gasteiger partial charge in [0.15, 0.2) is 0 Å². The lowest BCUT2D eigenvalue weighted by Crippen LogP contribution is -2.23. The molecule has 0 N–H and O–H groups in total. The third-order valence-corrected chi connectivity index (χ3v) is 4.19. The molecule has 102 valence electrons. The molecule has 0 saturated carbocycles. The minimum Gasteiger partial charge on any atom is -0.426 e. The lowest BCUT2D eigenvalue weighted by atomic mass is 10.1. The van der Waals surface area contributed by atoms with Crippen molar-refractivity contribution in [2.24, 2.45) is 0 Å².